The monoisotopic (exact) mass is 255 g/mol. The third-order valence-corrected chi connectivity index (χ3v) is 4.34. The van der Waals surface area contributed by atoms with Gasteiger partial charge in [-0.25, -0.2) is 0 Å². The smallest absolute Gasteiger partial charge is 0.0626 e. The molecule has 2 fully saturated rings. The van der Waals surface area contributed by atoms with E-state index in [1.165, 1.54) is 58.3 Å². The van der Waals surface area contributed by atoms with Crippen LogP contribution >= 0.6 is 0 Å². The average Bonchev–Trinajstić information content (AvgIpc) is 2.41. The van der Waals surface area contributed by atoms with Gasteiger partial charge in [-0.2, -0.15) is 0 Å². The first-order valence-electron chi connectivity index (χ1n) is 7.50. The quantitative estimate of drug-likeness (QED) is 0.793. The largest absolute Gasteiger partial charge is 0.383 e. The fourth-order valence-corrected chi connectivity index (χ4v) is 3.35. The second kappa shape index (κ2) is 7.43. The van der Waals surface area contributed by atoms with Crippen LogP contribution in [0.5, 0.6) is 0 Å². The lowest BCUT2D eigenvalue weighted by Gasteiger charge is -2.40. The summed E-state index contributed by atoms with van der Waals surface area (Å²) >= 11 is 0. The SMILES string of the molecule is COCC(N)CN1CCC(N2CCCCC2)CC1. The van der Waals surface area contributed by atoms with E-state index >= 15 is 0 Å². The zero-order valence-electron chi connectivity index (χ0n) is 11.8. The van der Waals surface area contributed by atoms with Gasteiger partial charge in [0.25, 0.3) is 0 Å². The molecule has 0 bridgehead atoms. The molecule has 2 saturated heterocycles. The lowest BCUT2D eigenvalue weighted by atomic mass is 9.99. The van der Waals surface area contributed by atoms with Crippen molar-refractivity contribution in [2.45, 2.75) is 44.2 Å². The summed E-state index contributed by atoms with van der Waals surface area (Å²) in [6, 6.07) is 1.00. The highest BCUT2D eigenvalue weighted by Gasteiger charge is 2.25. The molecule has 2 aliphatic heterocycles. The molecular formula is C14H29N3O. The number of ether oxygens (including phenoxy) is 1. The van der Waals surface area contributed by atoms with Crippen LogP contribution in [-0.2, 0) is 4.74 Å². The predicted octanol–water partition coefficient (Wildman–Crippen LogP) is 0.910. The normalized spacial score (nSPS) is 26.3. The summed E-state index contributed by atoms with van der Waals surface area (Å²) < 4.78 is 5.10. The number of hydrogen-bond donors (Lipinski definition) is 1. The highest BCUT2D eigenvalue weighted by Crippen LogP contribution is 2.20. The highest BCUT2D eigenvalue weighted by atomic mass is 16.5. The molecule has 2 N–H and O–H groups in total. The molecular weight excluding hydrogens is 226 g/mol. The van der Waals surface area contributed by atoms with Crippen LogP contribution in [0.1, 0.15) is 32.1 Å². The topological polar surface area (TPSA) is 41.7 Å². The molecule has 1 atom stereocenters. The lowest BCUT2D eigenvalue weighted by Crippen LogP contribution is -2.49. The summed E-state index contributed by atoms with van der Waals surface area (Å²) in [5, 5.41) is 0. The van der Waals surface area contributed by atoms with Crippen molar-refractivity contribution in [2.75, 3.05) is 46.4 Å². The molecule has 0 aliphatic carbocycles. The summed E-state index contributed by atoms with van der Waals surface area (Å²) in [6.45, 7) is 6.73. The van der Waals surface area contributed by atoms with Crippen molar-refractivity contribution in [3.63, 3.8) is 0 Å². The molecule has 0 saturated carbocycles. The van der Waals surface area contributed by atoms with E-state index in [-0.39, 0.29) is 6.04 Å². The van der Waals surface area contributed by atoms with E-state index < -0.39 is 0 Å². The van der Waals surface area contributed by atoms with Gasteiger partial charge >= 0.3 is 0 Å². The Bertz CT molecular complexity index is 223. The van der Waals surface area contributed by atoms with Crippen molar-refractivity contribution in [3.8, 4) is 0 Å². The zero-order chi connectivity index (χ0) is 12.8. The fraction of sp³-hybridized carbons (Fsp3) is 1.00. The van der Waals surface area contributed by atoms with Crippen molar-refractivity contribution in [3.05, 3.63) is 0 Å². The third-order valence-electron chi connectivity index (χ3n) is 4.34. The second-order valence-corrected chi connectivity index (χ2v) is 5.84. The predicted molar refractivity (Wildman–Crippen MR) is 74.7 cm³/mol. The Morgan fingerprint density at radius 3 is 2.39 bits per heavy atom. The van der Waals surface area contributed by atoms with E-state index in [0.29, 0.717) is 6.61 Å². The summed E-state index contributed by atoms with van der Waals surface area (Å²) in [7, 11) is 1.72. The Balaban J connectivity index is 1.67. The van der Waals surface area contributed by atoms with E-state index in [2.05, 4.69) is 9.80 Å². The molecule has 2 rings (SSSR count). The van der Waals surface area contributed by atoms with Crippen LogP contribution in [0.25, 0.3) is 0 Å². The Hall–Kier alpha value is -0.160. The van der Waals surface area contributed by atoms with E-state index in [9.17, 15) is 0 Å². The second-order valence-electron chi connectivity index (χ2n) is 5.84. The summed E-state index contributed by atoms with van der Waals surface area (Å²) in [5.41, 5.74) is 6.02. The van der Waals surface area contributed by atoms with Crippen molar-refractivity contribution >= 4 is 0 Å². The molecule has 0 radical (unpaired) electrons. The number of nitrogens with two attached hydrogens (primary N) is 1. The van der Waals surface area contributed by atoms with Crippen LogP contribution in [0.2, 0.25) is 0 Å². The number of nitrogens with zero attached hydrogens (tertiary/aromatic N) is 2. The minimum atomic E-state index is 0.168. The van der Waals surface area contributed by atoms with Gasteiger partial charge < -0.3 is 20.3 Å². The molecule has 1 unspecified atom stereocenters. The van der Waals surface area contributed by atoms with Gasteiger partial charge in [0.2, 0.25) is 0 Å². The number of likely N-dealkylation sites (tertiary alicyclic amines) is 2. The maximum Gasteiger partial charge on any atom is 0.0626 e. The van der Waals surface area contributed by atoms with Crippen molar-refractivity contribution in [2.24, 2.45) is 5.73 Å². The van der Waals surface area contributed by atoms with E-state index in [1.54, 1.807) is 7.11 Å². The standard InChI is InChI=1S/C14H29N3O/c1-18-12-13(15)11-16-9-5-14(6-10-16)17-7-3-2-4-8-17/h13-14H,2-12,15H2,1H3. The minimum absolute atomic E-state index is 0.168. The molecule has 0 spiro atoms. The number of rotatable bonds is 5. The summed E-state index contributed by atoms with van der Waals surface area (Å²) in [5.74, 6) is 0. The molecule has 0 aromatic heterocycles. The Morgan fingerprint density at radius 1 is 1.11 bits per heavy atom. The number of methoxy groups -OCH3 is 1. The van der Waals surface area contributed by atoms with E-state index in [1.807, 2.05) is 0 Å². The van der Waals surface area contributed by atoms with Gasteiger partial charge in [0.15, 0.2) is 0 Å². The summed E-state index contributed by atoms with van der Waals surface area (Å²) in [6.07, 6.45) is 6.87. The molecule has 106 valence electrons. The first kappa shape index (κ1) is 14.3. The van der Waals surface area contributed by atoms with Crippen molar-refractivity contribution in [1.29, 1.82) is 0 Å². The van der Waals surface area contributed by atoms with Gasteiger partial charge in [-0.3, -0.25) is 0 Å². The van der Waals surface area contributed by atoms with E-state index in [0.717, 1.165) is 12.6 Å². The third kappa shape index (κ3) is 4.19. The van der Waals surface area contributed by atoms with Crippen LogP contribution in [-0.4, -0.2) is 68.3 Å². The Kier molecular flexibility index (Phi) is 5.89. The van der Waals surface area contributed by atoms with Crippen LogP contribution in [0.3, 0.4) is 0 Å². The first-order chi connectivity index (χ1) is 8.79. The molecule has 0 aromatic rings. The number of hydrogen-bond acceptors (Lipinski definition) is 4. The van der Waals surface area contributed by atoms with Crippen molar-refractivity contribution in [1.82, 2.24) is 9.80 Å². The molecule has 4 heteroatoms. The Morgan fingerprint density at radius 2 is 1.78 bits per heavy atom. The first-order valence-corrected chi connectivity index (χ1v) is 7.50. The fourth-order valence-electron chi connectivity index (χ4n) is 3.35. The molecule has 2 aliphatic rings. The van der Waals surface area contributed by atoms with Gasteiger partial charge in [0.1, 0.15) is 0 Å². The molecule has 0 aromatic carbocycles. The Labute approximate surface area is 111 Å². The maximum absolute atomic E-state index is 6.02. The van der Waals surface area contributed by atoms with Gasteiger partial charge in [-0.05, 0) is 51.9 Å². The molecule has 4 nitrogen and oxygen atoms in total. The van der Waals surface area contributed by atoms with Crippen LogP contribution in [0.4, 0.5) is 0 Å². The number of piperidine rings is 2. The van der Waals surface area contributed by atoms with Gasteiger partial charge in [-0.1, -0.05) is 6.42 Å². The highest BCUT2D eigenvalue weighted by molar-refractivity contribution is 4.82. The maximum atomic E-state index is 6.02. The van der Waals surface area contributed by atoms with Gasteiger partial charge in [-0.15, -0.1) is 0 Å². The van der Waals surface area contributed by atoms with Crippen molar-refractivity contribution < 1.29 is 4.74 Å². The van der Waals surface area contributed by atoms with Gasteiger partial charge in [0, 0.05) is 25.7 Å². The minimum Gasteiger partial charge on any atom is -0.383 e. The average molecular weight is 255 g/mol. The zero-order valence-corrected chi connectivity index (χ0v) is 11.8. The van der Waals surface area contributed by atoms with E-state index in [4.69, 9.17) is 10.5 Å². The molecule has 18 heavy (non-hydrogen) atoms. The van der Waals surface area contributed by atoms with Crippen LogP contribution in [0.15, 0.2) is 0 Å². The van der Waals surface area contributed by atoms with Crippen LogP contribution < -0.4 is 5.73 Å². The van der Waals surface area contributed by atoms with Gasteiger partial charge in [0.05, 0.1) is 6.61 Å². The molecule has 2 heterocycles. The molecule has 0 amide bonds. The lowest BCUT2D eigenvalue weighted by molar-refractivity contribution is 0.0823. The van der Waals surface area contributed by atoms with Crippen LogP contribution in [0, 0.1) is 0 Å². The summed E-state index contributed by atoms with van der Waals surface area (Å²) in [4.78, 5) is 5.22.